The summed E-state index contributed by atoms with van der Waals surface area (Å²) in [5.41, 5.74) is 9.63. The van der Waals surface area contributed by atoms with E-state index in [-0.39, 0.29) is 6.41 Å². The van der Waals surface area contributed by atoms with Crippen molar-refractivity contribution in [2.24, 2.45) is 5.73 Å². The van der Waals surface area contributed by atoms with Gasteiger partial charge in [-0.2, -0.15) is 0 Å². The summed E-state index contributed by atoms with van der Waals surface area (Å²) >= 11 is 3.57. The van der Waals surface area contributed by atoms with Gasteiger partial charge in [-0.25, -0.2) is 9.97 Å². The van der Waals surface area contributed by atoms with E-state index >= 15 is 0 Å². The molecule has 2 aromatic carbocycles. The largest absolute Gasteiger partial charge is 0.491 e. The smallest absolute Gasteiger partial charge is 0.204 e. The predicted octanol–water partition coefficient (Wildman–Crippen LogP) is 3.82. The summed E-state index contributed by atoms with van der Waals surface area (Å²) in [6.07, 6.45) is 0.250. The van der Waals surface area contributed by atoms with Crippen molar-refractivity contribution in [1.29, 1.82) is 0 Å². The van der Waals surface area contributed by atoms with E-state index in [2.05, 4.69) is 68.9 Å². The molecule has 1 aliphatic heterocycles. The molecule has 0 unspecified atom stereocenters. The lowest BCUT2D eigenvalue weighted by Crippen LogP contribution is -2.13. The van der Waals surface area contributed by atoms with Crippen LogP contribution < -0.4 is 10.5 Å². The van der Waals surface area contributed by atoms with E-state index in [0.29, 0.717) is 6.61 Å². The SMILES string of the molecule is Cc1nc2n(c1Cn1c(C)nc3ccccc31)CCOc1ccc(Br)cc1-2.NC=O. The Morgan fingerprint density at radius 1 is 1.20 bits per heavy atom. The van der Waals surface area contributed by atoms with Gasteiger partial charge in [-0.15, -0.1) is 0 Å². The highest BCUT2D eigenvalue weighted by Crippen LogP contribution is 2.35. The third-order valence-corrected chi connectivity index (χ3v) is 5.67. The van der Waals surface area contributed by atoms with Crippen LogP contribution in [0.25, 0.3) is 22.4 Å². The normalized spacial score (nSPS) is 12.2. The molecule has 2 N–H and O–H groups in total. The van der Waals surface area contributed by atoms with Gasteiger partial charge < -0.3 is 19.6 Å². The number of carbonyl (C=O) groups excluding carboxylic acids is 1. The Morgan fingerprint density at radius 3 is 2.77 bits per heavy atom. The van der Waals surface area contributed by atoms with Gasteiger partial charge in [0.05, 0.1) is 41.1 Å². The number of nitrogens with zero attached hydrogens (tertiary/aromatic N) is 4. The molecular formula is C22H22BrN5O2. The van der Waals surface area contributed by atoms with Crippen LogP contribution in [0.5, 0.6) is 5.75 Å². The number of aromatic nitrogens is 4. The lowest BCUT2D eigenvalue weighted by atomic mass is 10.2. The summed E-state index contributed by atoms with van der Waals surface area (Å²) in [7, 11) is 0. The Kier molecular flexibility index (Phi) is 5.59. The number of primary amides is 1. The number of amides is 1. The maximum atomic E-state index is 8.58. The average Bonchev–Trinajstić information content (AvgIpc) is 3.14. The molecule has 7 nitrogen and oxygen atoms in total. The van der Waals surface area contributed by atoms with Crippen molar-refractivity contribution in [3.63, 3.8) is 0 Å². The summed E-state index contributed by atoms with van der Waals surface area (Å²) in [4.78, 5) is 18.2. The van der Waals surface area contributed by atoms with Gasteiger partial charge in [0.15, 0.2) is 0 Å². The number of nitrogens with two attached hydrogens (primary N) is 1. The van der Waals surface area contributed by atoms with Crippen LogP contribution in [0.4, 0.5) is 0 Å². The average molecular weight is 468 g/mol. The van der Waals surface area contributed by atoms with Crippen molar-refractivity contribution in [1.82, 2.24) is 19.1 Å². The quantitative estimate of drug-likeness (QED) is 0.453. The number of halogens is 1. The summed E-state index contributed by atoms with van der Waals surface area (Å²) < 4.78 is 11.6. The van der Waals surface area contributed by atoms with E-state index < -0.39 is 0 Å². The summed E-state index contributed by atoms with van der Waals surface area (Å²) in [5, 5.41) is 0. The first kappa shape index (κ1) is 20.2. The summed E-state index contributed by atoms with van der Waals surface area (Å²) in [6, 6.07) is 14.4. The van der Waals surface area contributed by atoms with Crippen LogP contribution >= 0.6 is 15.9 Å². The zero-order valence-electron chi connectivity index (χ0n) is 16.8. The number of hydrogen-bond donors (Lipinski definition) is 1. The standard InChI is InChI=1S/C21H19BrN4O.CH3NO/c1-13-19(12-26-14(2)24-17-5-3-4-6-18(17)26)25-9-10-27-20-8-7-15(22)11-16(20)21(25)23-13;2-1-3/h3-8,11H,9-10,12H2,1-2H3;1H,(H2,2,3). The molecule has 2 aromatic heterocycles. The van der Waals surface area contributed by atoms with Crippen LogP contribution in [-0.2, 0) is 17.9 Å². The minimum atomic E-state index is 0.250. The third kappa shape index (κ3) is 3.59. The first-order valence-corrected chi connectivity index (χ1v) is 10.4. The Labute approximate surface area is 182 Å². The molecule has 0 atom stereocenters. The second-order valence-electron chi connectivity index (χ2n) is 6.98. The van der Waals surface area contributed by atoms with Crippen LogP contribution in [0.3, 0.4) is 0 Å². The Morgan fingerprint density at radius 2 is 1.97 bits per heavy atom. The molecule has 1 aliphatic rings. The molecule has 0 fully saturated rings. The van der Waals surface area contributed by atoms with Gasteiger partial charge in [0.25, 0.3) is 0 Å². The Balaban J connectivity index is 0.000000687. The van der Waals surface area contributed by atoms with Gasteiger partial charge in [-0.05, 0) is 44.2 Å². The molecule has 5 rings (SSSR count). The second-order valence-corrected chi connectivity index (χ2v) is 7.89. The van der Waals surface area contributed by atoms with Crippen LogP contribution in [0.2, 0.25) is 0 Å². The Hall–Kier alpha value is -3.13. The van der Waals surface area contributed by atoms with E-state index in [9.17, 15) is 0 Å². The molecule has 8 heteroatoms. The Bertz CT molecular complexity index is 1230. The van der Waals surface area contributed by atoms with Gasteiger partial charge in [-0.3, -0.25) is 4.79 Å². The lowest BCUT2D eigenvalue weighted by Gasteiger charge is -2.12. The molecule has 0 bridgehead atoms. The topological polar surface area (TPSA) is 88.0 Å². The van der Waals surface area contributed by atoms with Crippen molar-refractivity contribution in [3.05, 3.63) is 64.1 Å². The molecule has 0 saturated carbocycles. The maximum Gasteiger partial charge on any atom is 0.204 e. The number of aryl methyl sites for hydroxylation is 2. The molecule has 0 spiro atoms. The van der Waals surface area contributed by atoms with Crippen molar-refractivity contribution in [3.8, 4) is 17.1 Å². The van der Waals surface area contributed by atoms with Gasteiger partial charge in [0.1, 0.15) is 24.0 Å². The molecule has 154 valence electrons. The third-order valence-electron chi connectivity index (χ3n) is 5.18. The summed E-state index contributed by atoms with van der Waals surface area (Å²) in [6.45, 7) is 6.31. The number of rotatable bonds is 2. The highest BCUT2D eigenvalue weighted by molar-refractivity contribution is 9.10. The van der Waals surface area contributed by atoms with E-state index in [1.165, 1.54) is 5.69 Å². The molecule has 0 radical (unpaired) electrons. The highest BCUT2D eigenvalue weighted by Gasteiger charge is 2.23. The van der Waals surface area contributed by atoms with Crippen molar-refractivity contribution < 1.29 is 9.53 Å². The van der Waals surface area contributed by atoms with Crippen molar-refractivity contribution in [2.75, 3.05) is 6.61 Å². The molecule has 1 amide bonds. The zero-order valence-corrected chi connectivity index (χ0v) is 18.4. The fourth-order valence-corrected chi connectivity index (χ4v) is 4.21. The van der Waals surface area contributed by atoms with Gasteiger partial charge in [-0.1, -0.05) is 28.1 Å². The molecular weight excluding hydrogens is 446 g/mol. The molecule has 0 aliphatic carbocycles. The van der Waals surface area contributed by atoms with Gasteiger partial charge in [0.2, 0.25) is 6.41 Å². The highest BCUT2D eigenvalue weighted by atomic mass is 79.9. The number of imidazole rings is 2. The first-order chi connectivity index (χ1) is 14.5. The fourth-order valence-electron chi connectivity index (χ4n) is 3.85. The number of benzene rings is 2. The number of hydrogen-bond acceptors (Lipinski definition) is 4. The monoisotopic (exact) mass is 467 g/mol. The predicted molar refractivity (Wildman–Crippen MR) is 119 cm³/mol. The molecule has 4 aromatic rings. The van der Waals surface area contributed by atoms with Gasteiger partial charge >= 0.3 is 0 Å². The van der Waals surface area contributed by atoms with Crippen LogP contribution in [0.15, 0.2) is 46.9 Å². The van der Waals surface area contributed by atoms with E-state index in [4.69, 9.17) is 19.5 Å². The number of para-hydroxylation sites is 2. The van der Waals surface area contributed by atoms with Crippen molar-refractivity contribution in [2.45, 2.75) is 26.9 Å². The van der Waals surface area contributed by atoms with Crippen LogP contribution in [0, 0.1) is 13.8 Å². The minimum Gasteiger partial charge on any atom is -0.491 e. The van der Waals surface area contributed by atoms with Crippen molar-refractivity contribution >= 4 is 33.4 Å². The number of carbonyl (C=O) groups is 1. The molecule has 30 heavy (non-hydrogen) atoms. The first-order valence-electron chi connectivity index (χ1n) is 9.59. The lowest BCUT2D eigenvalue weighted by molar-refractivity contribution is -0.106. The van der Waals surface area contributed by atoms with E-state index in [0.717, 1.165) is 57.3 Å². The molecule has 3 heterocycles. The number of ether oxygens (including phenoxy) is 1. The minimum absolute atomic E-state index is 0.250. The number of fused-ring (bicyclic) bond motifs is 4. The second kappa shape index (κ2) is 8.31. The van der Waals surface area contributed by atoms with Crippen LogP contribution in [-0.4, -0.2) is 32.1 Å². The van der Waals surface area contributed by atoms with E-state index in [1.54, 1.807) is 0 Å². The fraction of sp³-hybridized carbons (Fsp3) is 0.227. The molecule has 0 saturated heterocycles. The zero-order chi connectivity index (χ0) is 21.3. The van der Waals surface area contributed by atoms with Gasteiger partial charge in [0, 0.05) is 4.47 Å². The van der Waals surface area contributed by atoms with Crippen LogP contribution in [0.1, 0.15) is 17.2 Å². The maximum absolute atomic E-state index is 8.58. The van der Waals surface area contributed by atoms with E-state index in [1.807, 2.05) is 18.2 Å². The summed E-state index contributed by atoms with van der Waals surface area (Å²) in [5.74, 6) is 2.87.